The SMILES string of the molecule is CC(C)N1C(=O)c2ccccc2NS1(=O)=O.Cc1nn(-c2cc(NS(C)(=O)=O)c(Cl)cc2Cl)c(=O)n1C(F)F.O=C(O)CNCP(=O)(O)O. The number of aromatic nitrogens is 3. The number of benzene rings is 2. The number of aryl methyl sites for hydroxylation is 1. The highest BCUT2D eigenvalue weighted by atomic mass is 35.5. The summed E-state index contributed by atoms with van der Waals surface area (Å²) in [5.41, 5.74) is -0.554. The number of carbonyl (C=O) groups is 2. The van der Waals surface area contributed by atoms with Gasteiger partial charge < -0.3 is 14.9 Å². The maximum atomic E-state index is 12.8. The van der Waals surface area contributed by atoms with Gasteiger partial charge in [0.25, 0.3) is 5.91 Å². The van der Waals surface area contributed by atoms with Crippen LogP contribution in [-0.4, -0.2) is 87.4 Å². The van der Waals surface area contributed by atoms with E-state index in [-0.39, 0.29) is 31.8 Å². The molecule has 4 rings (SSSR count). The van der Waals surface area contributed by atoms with Gasteiger partial charge in [0.1, 0.15) is 5.82 Å². The molecule has 0 atom stereocenters. The molecule has 6 N–H and O–H groups in total. The molecule has 0 radical (unpaired) electrons. The molecule has 1 aliphatic heterocycles. The lowest BCUT2D eigenvalue weighted by Crippen LogP contribution is -2.48. The molecule has 0 saturated carbocycles. The second-order valence-corrected chi connectivity index (χ2v) is 15.8. The van der Waals surface area contributed by atoms with Gasteiger partial charge in [-0.05, 0) is 45.0 Å². The van der Waals surface area contributed by atoms with Gasteiger partial charge >= 0.3 is 36.0 Å². The topological polar surface area (TPSA) is 259 Å². The fourth-order valence-corrected chi connectivity index (χ4v) is 6.79. The van der Waals surface area contributed by atoms with Crippen LogP contribution in [0.2, 0.25) is 10.0 Å². The third kappa shape index (κ3) is 11.7. The Balaban J connectivity index is 0.000000278. The number of hydrogen-bond donors (Lipinski definition) is 6. The van der Waals surface area contributed by atoms with Crippen molar-refractivity contribution in [2.24, 2.45) is 0 Å². The monoisotopic (exact) mass is 795 g/mol. The van der Waals surface area contributed by atoms with E-state index in [0.29, 0.717) is 15.9 Å². The maximum Gasteiger partial charge on any atom is 0.355 e. The fraction of sp³-hybridized carbons (Fsp3) is 0.333. The number of carboxylic acid groups (broad SMARTS) is 1. The number of nitrogens with one attached hydrogen (secondary N) is 3. The molecule has 25 heteroatoms. The molecule has 1 aliphatic rings. The molecule has 272 valence electrons. The van der Waals surface area contributed by atoms with Crippen LogP contribution < -0.4 is 20.5 Å². The predicted octanol–water partition coefficient (Wildman–Crippen LogP) is 2.42. The molecule has 0 bridgehead atoms. The van der Waals surface area contributed by atoms with E-state index in [1.54, 1.807) is 38.1 Å². The van der Waals surface area contributed by atoms with Crippen LogP contribution in [0.5, 0.6) is 0 Å². The van der Waals surface area contributed by atoms with Gasteiger partial charge in [-0.15, -0.1) is 5.10 Å². The fourth-order valence-electron chi connectivity index (χ4n) is 3.83. The first-order valence-electron chi connectivity index (χ1n) is 13.2. The van der Waals surface area contributed by atoms with Gasteiger partial charge in [-0.2, -0.15) is 21.9 Å². The van der Waals surface area contributed by atoms with Crippen LogP contribution in [0.4, 0.5) is 20.2 Å². The van der Waals surface area contributed by atoms with E-state index in [0.717, 1.165) is 16.6 Å². The number of carbonyl (C=O) groups excluding carboxylic acids is 1. The van der Waals surface area contributed by atoms with E-state index in [9.17, 15) is 44.6 Å². The van der Waals surface area contributed by atoms with Crippen LogP contribution in [0.3, 0.4) is 0 Å². The molecular formula is C24H30Cl2F2N7O11PS2. The molecule has 0 aliphatic carbocycles. The van der Waals surface area contributed by atoms with Crippen molar-refractivity contribution in [3.63, 3.8) is 0 Å². The number of sulfonamides is 1. The lowest BCUT2D eigenvalue weighted by molar-refractivity contribution is -0.135. The van der Waals surface area contributed by atoms with Crippen LogP contribution in [-0.2, 0) is 29.6 Å². The first-order chi connectivity index (χ1) is 22.4. The van der Waals surface area contributed by atoms with Crippen molar-refractivity contribution in [2.45, 2.75) is 33.4 Å². The molecule has 2 aromatic carbocycles. The van der Waals surface area contributed by atoms with Crippen molar-refractivity contribution in [1.82, 2.24) is 24.0 Å². The average molecular weight is 797 g/mol. The lowest BCUT2D eigenvalue weighted by atomic mass is 10.1. The summed E-state index contributed by atoms with van der Waals surface area (Å²) in [4.78, 5) is 50.1. The van der Waals surface area contributed by atoms with Crippen molar-refractivity contribution >= 4 is 74.3 Å². The third-order valence-electron chi connectivity index (χ3n) is 5.65. The Morgan fingerprint density at radius 2 is 1.71 bits per heavy atom. The molecule has 18 nitrogen and oxygen atoms in total. The lowest BCUT2D eigenvalue weighted by Gasteiger charge is -2.31. The van der Waals surface area contributed by atoms with Crippen LogP contribution in [0, 0.1) is 6.92 Å². The van der Waals surface area contributed by atoms with Gasteiger partial charge in [0, 0.05) is 6.04 Å². The van der Waals surface area contributed by atoms with Crippen LogP contribution in [0.1, 0.15) is 36.6 Å². The Hall–Kier alpha value is -3.63. The Morgan fingerprint density at radius 3 is 2.20 bits per heavy atom. The zero-order valence-corrected chi connectivity index (χ0v) is 29.7. The van der Waals surface area contributed by atoms with Crippen molar-refractivity contribution in [2.75, 3.05) is 28.5 Å². The normalized spacial score (nSPS) is 13.9. The van der Waals surface area contributed by atoms with Crippen LogP contribution in [0.25, 0.3) is 5.69 Å². The number of nitrogens with zero attached hydrogens (tertiary/aromatic N) is 4. The number of hydrogen-bond acceptors (Lipinski definition) is 10. The first-order valence-corrected chi connectivity index (χ1v) is 19.1. The minimum Gasteiger partial charge on any atom is -0.480 e. The van der Waals surface area contributed by atoms with E-state index in [2.05, 4.69) is 19.9 Å². The zero-order chi connectivity index (χ0) is 37.6. The first kappa shape index (κ1) is 41.5. The molecule has 1 aromatic heterocycles. The molecule has 0 saturated heterocycles. The summed E-state index contributed by atoms with van der Waals surface area (Å²) in [5, 5.41) is 13.7. The van der Waals surface area contributed by atoms with Gasteiger partial charge in [0.05, 0.1) is 51.8 Å². The Kier molecular flexibility index (Phi) is 13.9. The standard InChI is InChI=1S/C11H10Cl2F2N4O3S.C10H12N2O3S.C3H8NO5P/c1-5-16-19(11(20)18(5)10(14)15)9-4-8(17-23(2,21)22)6(12)3-7(9)13;1-7(2)12-10(13)8-5-3-4-6-9(8)11-16(12,14)15;5-3(6)1-4-2-10(7,8)9/h3-4,10,17H,1-2H3;3-7,11H,1-2H3;4H,1-2H2,(H,5,6)(H2,7,8,9). The summed E-state index contributed by atoms with van der Waals surface area (Å²) in [6.07, 6.45) is 0.304. The molecule has 1 amide bonds. The number of rotatable bonds is 9. The predicted molar refractivity (Wildman–Crippen MR) is 175 cm³/mol. The number of para-hydroxylation sites is 1. The number of aliphatic carboxylic acids is 1. The molecule has 0 unspecified atom stereocenters. The summed E-state index contributed by atoms with van der Waals surface area (Å²) in [6, 6.07) is 8.47. The Morgan fingerprint density at radius 1 is 1.12 bits per heavy atom. The Labute approximate surface area is 288 Å². The summed E-state index contributed by atoms with van der Waals surface area (Å²) in [6.45, 7) is 1.03. The Bertz CT molecular complexity index is 2040. The van der Waals surface area contributed by atoms with Crippen LogP contribution >= 0.6 is 30.8 Å². The van der Waals surface area contributed by atoms with Crippen molar-refractivity contribution < 1.29 is 54.7 Å². The average Bonchev–Trinajstić information content (AvgIpc) is 3.22. The molecule has 0 spiro atoms. The van der Waals surface area contributed by atoms with Crippen molar-refractivity contribution in [3.8, 4) is 5.69 Å². The van der Waals surface area contributed by atoms with Crippen molar-refractivity contribution in [3.05, 3.63) is 68.3 Å². The highest BCUT2D eigenvalue weighted by molar-refractivity contribution is 7.92. The van der Waals surface area contributed by atoms with Gasteiger partial charge in [-0.1, -0.05) is 35.3 Å². The van der Waals surface area contributed by atoms with Gasteiger partial charge in [0.15, 0.2) is 0 Å². The van der Waals surface area contributed by atoms with E-state index in [4.69, 9.17) is 38.1 Å². The van der Waals surface area contributed by atoms with Gasteiger partial charge in [0.2, 0.25) is 10.0 Å². The highest BCUT2D eigenvalue weighted by Gasteiger charge is 2.37. The summed E-state index contributed by atoms with van der Waals surface area (Å²) >= 11 is 11.8. The maximum absolute atomic E-state index is 12.8. The van der Waals surface area contributed by atoms with Crippen molar-refractivity contribution in [1.29, 1.82) is 0 Å². The minimum atomic E-state index is -4.10. The van der Waals surface area contributed by atoms with Gasteiger partial charge in [-0.25, -0.2) is 22.1 Å². The second-order valence-electron chi connectivity index (χ2n) is 10.0. The summed E-state index contributed by atoms with van der Waals surface area (Å²) in [5.74, 6) is -1.86. The number of halogens is 4. The van der Waals surface area contributed by atoms with E-state index >= 15 is 0 Å². The molecule has 49 heavy (non-hydrogen) atoms. The smallest absolute Gasteiger partial charge is 0.355 e. The molecular weight excluding hydrogens is 766 g/mol. The molecule has 3 aromatic rings. The second kappa shape index (κ2) is 16.4. The molecule has 2 heterocycles. The summed E-state index contributed by atoms with van der Waals surface area (Å²) in [7, 11) is -11.5. The van der Waals surface area contributed by atoms with Gasteiger partial charge in [-0.3, -0.25) is 28.9 Å². The zero-order valence-electron chi connectivity index (χ0n) is 25.7. The third-order valence-corrected chi connectivity index (χ3v) is 9.08. The van der Waals surface area contributed by atoms with E-state index in [1.165, 1.54) is 13.0 Å². The number of alkyl halides is 2. The number of anilines is 2. The highest BCUT2D eigenvalue weighted by Crippen LogP contribution is 2.32. The minimum absolute atomic E-state index is 0.0257. The largest absolute Gasteiger partial charge is 0.480 e. The van der Waals surface area contributed by atoms with Crippen LogP contribution in [0.15, 0.2) is 41.2 Å². The van der Waals surface area contributed by atoms with E-state index < -0.39 is 70.8 Å². The number of amides is 1. The molecule has 0 fully saturated rings. The summed E-state index contributed by atoms with van der Waals surface area (Å²) < 4.78 is 88.1. The number of fused-ring (bicyclic) bond motifs is 1. The number of carboxylic acids is 1. The van der Waals surface area contributed by atoms with E-state index in [1.807, 2.05) is 0 Å². The quantitative estimate of drug-likeness (QED) is 0.170.